The molecule has 0 bridgehead atoms. The zero-order valence-corrected chi connectivity index (χ0v) is 7.60. The topological polar surface area (TPSA) is 63.8 Å². The molecule has 4 nitrogen and oxygen atoms in total. The zero-order chi connectivity index (χ0) is 8.39. The Labute approximate surface area is 75.2 Å². The summed E-state index contributed by atoms with van der Waals surface area (Å²) in [5, 5.41) is 12.8. The Bertz CT molecular complexity index is 254. The van der Waals surface area contributed by atoms with Gasteiger partial charge in [-0.05, 0) is 19.4 Å². The lowest BCUT2D eigenvalue weighted by Crippen LogP contribution is -2.26. The van der Waals surface area contributed by atoms with E-state index in [2.05, 4.69) is 15.5 Å². The van der Waals surface area contributed by atoms with Crippen LogP contribution < -0.4 is 11.1 Å². The van der Waals surface area contributed by atoms with E-state index in [0.29, 0.717) is 11.2 Å². The fraction of sp³-hybridized carbons (Fsp3) is 0.714. The predicted molar refractivity (Wildman–Crippen MR) is 48.9 cm³/mol. The van der Waals surface area contributed by atoms with Crippen molar-refractivity contribution < 1.29 is 0 Å². The quantitative estimate of drug-likeness (QED) is 0.681. The van der Waals surface area contributed by atoms with Crippen LogP contribution in [-0.4, -0.2) is 16.7 Å². The van der Waals surface area contributed by atoms with Crippen molar-refractivity contribution in [3.63, 3.8) is 0 Å². The first-order chi connectivity index (χ1) is 5.86. The van der Waals surface area contributed by atoms with Gasteiger partial charge in [0.2, 0.25) is 5.13 Å². The number of hydrogen-bond acceptors (Lipinski definition) is 5. The number of piperidine rings is 1. The van der Waals surface area contributed by atoms with Crippen LogP contribution in [0.25, 0.3) is 0 Å². The monoisotopic (exact) mass is 184 g/mol. The summed E-state index contributed by atoms with van der Waals surface area (Å²) in [5.41, 5.74) is 5.50. The third-order valence-corrected chi connectivity index (χ3v) is 2.93. The van der Waals surface area contributed by atoms with Crippen molar-refractivity contribution in [3.8, 4) is 0 Å². The molecule has 5 heteroatoms. The average molecular weight is 184 g/mol. The van der Waals surface area contributed by atoms with Gasteiger partial charge < -0.3 is 11.1 Å². The summed E-state index contributed by atoms with van der Waals surface area (Å²) in [7, 11) is 0. The Hall–Kier alpha value is -0.680. The third-order valence-electron chi connectivity index (χ3n) is 2.06. The number of nitrogens with one attached hydrogen (secondary N) is 1. The Balaban J connectivity index is 2.08. The van der Waals surface area contributed by atoms with Gasteiger partial charge in [0.1, 0.15) is 5.01 Å². The highest BCUT2D eigenvalue weighted by Gasteiger charge is 2.17. The van der Waals surface area contributed by atoms with E-state index < -0.39 is 0 Å². The van der Waals surface area contributed by atoms with Crippen molar-refractivity contribution >= 4 is 16.5 Å². The van der Waals surface area contributed by atoms with Crippen LogP contribution in [0.5, 0.6) is 0 Å². The minimum absolute atomic E-state index is 0.397. The van der Waals surface area contributed by atoms with Crippen LogP contribution in [0.15, 0.2) is 0 Å². The van der Waals surface area contributed by atoms with E-state index in [1.807, 2.05) is 0 Å². The number of nitrogens with zero attached hydrogens (tertiary/aromatic N) is 2. The maximum atomic E-state index is 5.50. The summed E-state index contributed by atoms with van der Waals surface area (Å²) in [4.78, 5) is 0. The second-order valence-corrected chi connectivity index (χ2v) is 4.02. The number of anilines is 1. The smallest absolute Gasteiger partial charge is 0.203 e. The molecule has 0 amide bonds. The SMILES string of the molecule is Nc1nnc([C@H]2CCCCN2)s1. The molecule has 0 spiro atoms. The molecule has 2 rings (SSSR count). The van der Waals surface area contributed by atoms with E-state index in [0.717, 1.165) is 18.0 Å². The van der Waals surface area contributed by atoms with Gasteiger partial charge in [-0.25, -0.2) is 0 Å². The lowest BCUT2D eigenvalue weighted by molar-refractivity contribution is 0.409. The molecule has 0 aliphatic carbocycles. The summed E-state index contributed by atoms with van der Waals surface area (Å²) in [6.45, 7) is 1.09. The van der Waals surface area contributed by atoms with Gasteiger partial charge >= 0.3 is 0 Å². The maximum Gasteiger partial charge on any atom is 0.203 e. The van der Waals surface area contributed by atoms with Gasteiger partial charge in [-0.2, -0.15) is 0 Å². The van der Waals surface area contributed by atoms with Crippen LogP contribution in [-0.2, 0) is 0 Å². The molecule has 12 heavy (non-hydrogen) atoms. The molecule has 0 unspecified atom stereocenters. The normalized spacial score (nSPS) is 24.2. The second-order valence-electron chi connectivity index (χ2n) is 2.98. The van der Waals surface area contributed by atoms with Crippen molar-refractivity contribution in [2.75, 3.05) is 12.3 Å². The zero-order valence-electron chi connectivity index (χ0n) is 6.79. The highest BCUT2D eigenvalue weighted by Crippen LogP contribution is 2.25. The van der Waals surface area contributed by atoms with E-state index in [-0.39, 0.29) is 0 Å². The number of aromatic nitrogens is 2. The highest BCUT2D eigenvalue weighted by molar-refractivity contribution is 7.15. The largest absolute Gasteiger partial charge is 0.374 e. The highest BCUT2D eigenvalue weighted by atomic mass is 32.1. The first kappa shape index (κ1) is 7.94. The molecule has 0 saturated carbocycles. The van der Waals surface area contributed by atoms with Gasteiger partial charge in [-0.15, -0.1) is 10.2 Å². The molecular weight excluding hydrogens is 172 g/mol. The summed E-state index contributed by atoms with van der Waals surface area (Å²) < 4.78 is 0. The van der Waals surface area contributed by atoms with Crippen LogP contribution >= 0.6 is 11.3 Å². The van der Waals surface area contributed by atoms with E-state index in [4.69, 9.17) is 5.73 Å². The molecule has 1 aromatic heterocycles. The molecule has 0 radical (unpaired) electrons. The van der Waals surface area contributed by atoms with Gasteiger partial charge in [0.25, 0.3) is 0 Å². The van der Waals surface area contributed by atoms with Crippen LogP contribution in [0.4, 0.5) is 5.13 Å². The lowest BCUT2D eigenvalue weighted by atomic mass is 10.1. The first-order valence-corrected chi connectivity index (χ1v) is 5.00. The summed E-state index contributed by atoms with van der Waals surface area (Å²) in [5.74, 6) is 0. The van der Waals surface area contributed by atoms with Gasteiger partial charge in [0, 0.05) is 0 Å². The second kappa shape index (κ2) is 3.37. The lowest BCUT2D eigenvalue weighted by Gasteiger charge is -2.20. The van der Waals surface area contributed by atoms with E-state index >= 15 is 0 Å². The first-order valence-electron chi connectivity index (χ1n) is 4.18. The molecule has 2 heterocycles. The van der Waals surface area contributed by atoms with Crippen molar-refractivity contribution in [1.82, 2.24) is 15.5 Å². The molecule has 1 fully saturated rings. The molecule has 0 aromatic carbocycles. The molecule has 1 saturated heterocycles. The Morgan fingerprint density at radius 1 is 1.42 bits per heavy atom. The van der Waals surface area contributed by atoms with Gasteiger partial charge in [-0.3, -0.25) is 0 Å². The van der Waals surface area contributed by atoms with Crippen LogP contribution in [0.2, 0.25) is 0 Å². The third kappa shape index (κ3) is 1.56. The van der Waals surface area contributed by atoms with Gasteiger partial charge in [-0.1, -0.05) is 17.8 Å². The number of hydrogen-bond donors (Lipinski definition) is 2. The van der Waals surface area contributed by atoms with Gasteiger partial charge in [0.15, 0.2) is 0 Å². The summed E-state index contributed by atoms with van der Waals surface area (Å²) in [6, 6.07) is 0.397. The molecule has 1 atom stereocenters. The van der Waals surface area contributed by atoms with Crippen LogP contribution in [0, 0.1) is 0 Å². The fourth-order valence-corrected chi connectivity index (χ4v) is 2.17. The van der Waals surface area contributed by atoms with Crippen molar-refractivity contribution in [3.05, 3.63) is 5.01 Å². The molecule has 3 N–H and O–H groups in total. The minimum atomic E-state index is 0.397. The number of rotatable bonds is 1. The maximum absolute atomic E-state index is 5.50. The van der Waals surface area contributed by atoms with Crippen molar-refractivity contribution in [1.29, 1.82) is 0 Å². The fourth-order valence-electron chi connectivity index (χ4n) is 1.45. The number of nitrogen functional groups attached to an aromatic ring is 1. The molecule has 1 aliphatic rings. The Kier molecular flexibility index (Phi) is 2.23. The van der Waals surface area contributed by atoms with Crippen LogP contribution in [0.1, 0.15) is 30.3 Å². The van der Waals surface area contributed by atoms with E-state index in [9.17, 15) is 0 Å². The van der Waals surface area contributed by atoms with E-state index in [1.54, 1.807) is 0 Å². The van der Waals surface area contributed by atoms with E-state index in [1.165, 1.54) is 24.2 Å². The summed E-state index contributed by atoms with van der Waals surface area (Å²) in [6.07, 6.45) is 3.70. The summed E-state index contributed by atoms with van der Waals surface area (Å²) >= 11 is 1.49. The Morgan fingerprint density at radius 3 is 2.92 bits per heavy atom. The predicted octanol–water partition coefficient (Wildman–Crippen LogP) is 0.935. The standard InChI is InChI=1S/C7H12N4S/c8-7-11-10-6(12-7)5-3-1-2-4-9-5/h5,9H,1-4H2,(H2,8,11)/t5-/m1/s1. The van der Waals surface area contributed by atoms with Crippen molar-refractivity contribution in [2.45, 2.75) is 25.3 Å². The van der Waals surface area contributed by atoms with Gasteiger partial charge in [0.05, 0.1) is 6.04 Å². The van der Waals surface area contributed by atoms with Crippen molar-refractivity contribution in [2.24, 2.45) is 0 Å². The molecular formula is C7H12N4S. The molecule has 1 aromatic rings. The molecule has 66 valence electrons. The minimum Gasteiger partial charge on any atom is -0.374 e. The number of nitrogens with two attached hydrogens (primary N) is 1. The molecule has 1 aliphatic heterocycles. The Morgan fingerprint density at radius 2 is 2.33 bits per heavy atom. The average Bonchev–Trinajstić information content (AvgIpc) is 2.54. The van der Waals surface area contributed by atoms with Crippen LogP contribution in [0.3, 0.4) is 0 Å².